The van der Waals surface area contributed by atoms with Gasteiger partial charge in [0.1, 0.15) is 0 Å². The molecule has 0 spiro atoms. The van der Waals surface area contributed by atoms with Crippen LogP contribution < -0.4 is 9.80 Å². The van der Waals surface area contributed by atoms with Crippen LogP contribution in [-0.2, 0) is 9.59 Å². The van der Waals surface area contributed by atoms with Gasteiger partial charge in [-0.15, -0.1) is 0 Å². The Balaban J connectivity index is 1.76. The van der Waals surface area contributed by atoms with Gasteiger partial charge in [-0.25, -0.2) is 0 Å². The molecule has 0 atom stereocenters. The van der Waals surface area contributed by atoms with Crippen molar-refractivity contribution in [3.63, 3.8) is 0 Å². The molecule has 3 aromatic rings. The molecule has 2 heterocycles. The zero-order chi connectivity index (χ0) is 21.9. The van der Waals surface area contributed by atoms with E-state index in [1.54, 1.807) is 0 Å². The van der Waals surface area contributed by atoms with Crippen molar-refractivity contribution in [3.05, 3.63) is 72.8 Å². The van der Waals surface area contributed by atoms with Crippen LogP contribution in [0.1, 0.15) is 38.5 Å². The molecule has 4 nitrogen and oxygen atoms in total. The number of hydrogen-bond acceptors (Lipinski definition) is 2. The molecule has 0 aromatic heterocycles. The fourth-order valence-electron chi connectivity index (χ4n) is 4.84. The number of amides is 2. The predicted molar refractivity (Wildman–Crippen MR) is 130 cm³/mol. The molecule has 2 saturated heterocycles. The summed E-state index contributed by atoms with van der Waals surface area (Å²) in [6.07, 6.45) is 5.08. The lowest BCUT2D eigenvalue weighted by Crippen LogP contribution is -2.37. The van der Waals surface area contributed by atoms with Crippen molar-refractivity contribution in [2.45, 2.75) is 38.5 Å². The summed E-state index contributed by atoms with van der Waals surface area (Å²) in [6.45, 7) is 1.46. The lowest BCUT2D eigenvalue weighted by atomic mass is 9.93. The van der Waals surface area contributed by atoms with E-state index in [-0.39, 0.29) is 11.8 Å². The Morgan fingerprint density at radius 1 is 0.531 bits per heavy atom. The standard InChI is InChI=1S/C28H28N2O2/c31-27-15-7-9-17-29(27)25-20-24(22-13-5-2-6-14-22)26(30-18-10-8-16-28(30)32)19-23(25)21-11-3-1-4-12-21/h1-6,11-14,19-20H,7-10,15-18H2. The van der Waals surface area contributed by atoms with Crippen LogP contribution >= 0.6 is 0 Å². The van der Waals surface area contributed by atoms with Gasteiger partial charge in [0.15, 0.2) is 0 Å². The van der Waals surface area contributed by atoms with Gasteiger partial charge in [-0.1, -0.05) is 60.7 Å². The van der Waals surface area contributed by atoms with Crippen molar-refractivity contribution in [1.29, 1.82) is 0 Å². The Hall–Kier alpha value is -3.40. The van der Waals surface area contributed by atoms with Crippen LogP contribution in [0.15, 0.2) is 72.8 Å². The van der Waals surface area contributed by atoms with Crippen LogP contribution in [0.5, 0.6) is 0 Å². The van der Waals surface area contributed by atoms with Crippen molar-refractivity contribution < 1.29 is 9.59 Å². The molecular formula is C28H28N2O2. The molecule has 2 amide bonds. The minimum absolute atomic E-state index is 0.175. The zero-order valence-corrected chi connectivity index (χ0v) is 18.3. The lowest BCUT2D eigenvalue weighted by Gasteiger charge is -2.33. The molecule has 162 valence electrons. The molecule has 2 aliphatic heterocycles. The van der Waals surface area contributed by atoms with Crippen LogP contribution in [0, 0.1) is 0 Å². The van der Waals surface area contributed by atoms with E-state index in [0.29, 0.717) is 12.8 Å². The van der Waals surface area contributed by atoms with Gasteiger partial charge in [0, 0.05) is 37.1 Å². The van der Waals surface area contributed by atoms with E-state index in [1.165, 1.54) is 0 Å². The Kier molecular flexibility index (Phi) is 5.76. The van der Waals surface area contributed by atoms with Crippen LogP contribution in [0.2, 0.25) is 0 Å². The minimum atomic E-state index is 0.175. The fraction of sp³-hybridized carbons (Fsp3) is 0.286. The molecule has 0 N–H and O–H groups in total. The first-order chi connectivity index (χ1) is 15.7. The third kappa shape index (κ3) is 3.93. The summed E-state index contributed by atoms with van der Waals surface area (Å²) in [5, 5.41) is 0. The molecule has 0 aliphatic carbocycles. The number of carbonyl (C=O) groups is 2. The summed E-state index contributed by atoms with van der Waals surface area (Å²) in [5.74, 6) is 0.350. The second-order valence-corrected chi connectivity index (χ2v) is 8.62. The highest BCUT2D eigenvalue weighted by atomic mass is 16.2. The van der Waals surface area contributed by atoms with Gasteiger partial charge in [0.05, 0.1) is 11.4 Å². The molecule has 5 rings (SSSR count). The Morgan fingerprint density at radius 2 is 0.938 bits per heavy atom. The third-order valence-corrected chi connectivity index (χ3v) is 6.51. The second-order valence-electron chi connectivity index (χ2n) is 8.62. The fourth-order valence-corrected chi connectivity index (χ4v) is 4.84. The highest BCUT2D eigenvalue weighted by Crippen LogP contribution is 2.43. The molecule has 3 aromatic carbocycles. The van der Waals surface area contributed by atoms with E-state index in [0.717, 1.165) is 72.4 Å². The van der Waals surface area contributed by atoms with E-state index in [2.05, 4.69) is 36.4 Å². The molecule has 2 aliphatic rings. The van der Waals surface area contributed by atoms with Gasteiger partial charge >= 0.3 is 0 Å². The van der Waals surface area contributed by atoms with Crippen molar-refractivity contribution in [3.8, 4) is 22.3 Å². The first kappa shape index (κ1) is 20.5. The largest absolute Gasteiger partial charge is 0.312 e. The normalized spacial score (nSPS) is 17.0. The summed E-state index contributed by atoms with van der Waals surface area (Å²) in [5.41, 5.74) is 6.01. The van der Waals surface area contributed by atoms with Gasteiger partial charge < -0.3 is 9.80 Å². The second kappa shape index (κ2) is 8.99. The Morgan fingerprint density at radius 3 is 1.31 bits per heavy atom. The quantitative estimate of drug-likeness (QED) is 0.511. The van der Waals surface area contributed by atoms with Crippen LogP contribution in [0.3, 0.4) is 0 Å². The maximum absolute atomic E-state index is 12.9. The molecule has 0 bridgehead atoms. The topological polar surface area (TPSA) is 40.6 Å². The average Bonchev–Trinajstić information content (AvgIpc) is 2.85. The van der Waals surface area contributed by atoms with Gasteiger partial charge in [-0.3, -0.25) is 9.59 Å². The zero-order valence-electron chi connectivity index (χ0n) is 18.3. The van der Waals surface area contributed by atoms with E-state index >= 15 is 0 Å². The van der Waals surface area contributed by atoms with Crippen LogP contribution in [-0.4, -0.2) is 24.9 Å². The van der Waals surface area contributed by atoms with Crippen molar-refractivity contribution >= 4 is 23.2 Å². The molecule has 32 heavy (non-hydrogen) atoms. The molecule has 0 radical (unpaired) electrons. The number of nitrogens with zero attached hydrogens (tertiary/aromatic N) is 2. The molecular weight excluding hydrogens is 396 g/mol. The van der Waals surface area contributed by atoms with Gasteiger partial charge in [-0.05, 0) is 48.9 Å². The van der Waals surface area contributed by atoms with E-state index in [9.17, 15) is 9.59 Å². The number of anilines is 2. The van der Waals surface area contributed by atoms with Gasteiger partial charge in [0.25, 0.3) is 0 Å². The SMILES string of the molecule is O=C1CCCCN1c1cc(-c2ccccc2)c(N2CCCCC2=O)cc1-c1ccccc1. The molecule has 4 heteroatoms. The molecule has 2 fully saturated rings. The maximum Gasteiger partial charge on any atom is 0.226 e. The van der Waals surface area contributed by atoms with Crippen molar-refractivity contribution in [2.75, 3.05) is 22.9 Å². The summed E-state index contributed by atoms with van der Waals surface area (Å²) < 4.78 is 0. The monoisotopic (exact) mass is 424 g/mol. The third-order valence-electron chi connectivity index (χ3n) is 6.51. The van der Waals surface area contributed by atoms with Gasteiger partial charge in [-0.2, -0.15) is 0 Å². The van der Waals surface area contributed by atoms with E-state index in [4.69, 9.17) is 0 Å². The van der Waals surface area contributed by atoms with E-state index in [1.807, 2.05) is 46.2 Å². The Labute approximate surface area is 189 Å². The van der Waals surface area contributed by atoms with Crippen molar-refractivity contribution in [2.24, 2.45) is 0 Å². The summed E-state index contributed by atoms with van der Waals surface area (Å²) in [4.78, 5) is 29.7. The Bertz CT molecular complexity index is 1030. The smallest absolute Gasteiger partial charge is 0.226 e. The number of hydrogen-bond donors (Lipinski definition) is 0. The first-order valence-electron chi connectivity index (χ1n) is 11.6. The van der Waals surface area contributed by atoms with Crippen molar-refractivity contribution in [1.82, 2.24) is 0 Å². The summed E-state index contributed by atoms with van der Waals surface area (Å²) in [7, 11) is 0. The lowest BCUT2D eigenvalue weighted by molar-refractivity contribution is -0.120. The maximum atomic E-state index is 12.9. The average molecular weight is 425 g/mol. The highest BCUT2D eigenvalue weighted by molar-refractivity contribution is 6.04. The number of benzene rings is 3. The van der Waals surface area contributed by atoms with Gasteiger partial charge in [0.2, 0.25) is 11.8 Å². The number of rotatable bonds is 4. The molecule has 0 unspecified atom stereocenters. The highest BCUT2D eigenvalue weighted by Gasteiger charge is 2.28. The van der Waals surface area contributed by atoms with Crippen LogP contribution in [0.25, 0.3) is 22.3 Å². The number of carbonyl (C=O) groups excluding carboxylic acids is 2. The predicted octanol–water partition coefficient (Wildman–Crippen LogP) is 6.05. The van der Waals surface area contributed by atoms with Crippen LogP contribution in [0.4, 0.5) is 11.4 Å². The molecule has 0 saturated carbocycles. The first-order valence-corrected chi connectivity index (χ1v) is 11.6. The summed E-state index contributed by atoms with van der Waals surface area (Å²) >= 11 is 0. The van der Waals surface area contributed by atoms with E-state index < -0.39 is 0 Å². The summed E-state index contributed by atoms with van der Waals surface area (Å²) in [6, 6.07) is 24.7. The minimum Gasteiger partial charge on any atom is -0.312 e. The number of piperidine rings is 2.